The van der Waals surface area contributed by atoms with Gasteiger partial charge in [-0.25, -0.2) is 0 Å². The van der Waals surface area contributed by atoms with Crippen LogP contribution in [0.1, 0.15) is 39.0 Å². The molecule has 18 heavy (non-hydrogen) atoms. The van der Waals surface area contributed by atoms with E-state index in [9.17, 15) is 0 Å². The number of thioether (sulfide) groups is 1. The van der Waals surface area contributed by atoms with Crippen molar-refractivity contribution >= 4 is 11.8 Å². The zero-order valence-electron chi connectivity index (χ0n) is 11.6. The van der Waals surface area contributed by atoms with Crippen molar-refractivity contribution in [2.75, 3.05) is 18.8 Å². The van der Waals surface area contributed by atoms with E-state index in [-0.39, 0.29) is 12.1 Å². The molecule has 3 nitrogen and oxygen atoms in total. The summed E-state index contributed by atoms with van der Waals surface area (Å²) in [6, 6.07) is 4.27. The molecular weight excluding hydrogens is 244 g/mol. The van der Waals surface area contributed by atoms with Crippen LogP contribution in [0.2, 0.25) is 0 Å². The number of hydrogen-bond donors (Lipinski definition) is 1. The number of furan rings is 1. The second-order valence-electron chi connectivity index (χ2n) is 5.71. The van der Waals surface area contributed by atoms with Crippen LogP contribution in [-0.4, -0.2) is 34.5 Å². The quantitative estimate of drug-likeness (QED) is 0.915. The van der Waals surface area contributed by atoms with Crippen LogP contribution >= 0.6 is 11.8 Å². The summed E-state index contributed by atoms with van der Waals surface area (Å²) >= 11 is 2.06. The minimum Gasteiger partial charge on any atom is -0.468 e. The van der Waals surface area contributed by atoms with Crippen molar-refractivity contribution in [2.24, 2.45) is 5.73 Å². The average molecular weight is 268 g/mol. The summed E-state index contributed by atoms with van der Waals surface area (Å²) in [5.74, 6) is 2.16. The van der Waals surface area contributed by atoms with E-state index in [1.807, 2.05) is 12.1 Å². The standard InChI is InChI=1S/C14H24N2OS/c1-11(15)13(12-5-4-9-17-12)16-7-6-14(2,3)18-10-8-16/h4-5,9,11,13H,6-8,10,15H2,1-3H3. The fraction of sp³-hybridized carbons (Fsp3) is 0.714. The summed E-state index contributed by atoms with van der Waals surface area (Å²) in [4.78, 5) is 2.48. The number of nitrogens with two attached hydrogens (primary N) is 1. The van der Waals surface area contributed by atoms with Gasteiger partial charge in [0.05, 0.1) is 12.3 Å². The van der Waals surface area contributed by atoms with Crippen LogP contribution < -0.4 is 5.73 Å². The van der Waals surface area contributed by atoms with Gasteiger partial charge in [0.1, 0.15) is 5.76 Å². The fourth-order valence-corrected chi connectivity index (χ4v) is 3.66. The van der Waals surface area contributed by atoms with Crippen molar-refractivity contribution in [3.63, 3.8) is 0 Å². The first-order chi connectivity index (χ1) is 8.49. The molecular formula is C14H24N2OS. The zero-order chi connectivity index (χ0) is 13.2. The maximum atomic E-state index is 6.17. The monoisotopic (exact) mass is 268 g/mol. The lowest BCUT2D eigenvalue weighted by molar-refractivity contribution is 0.162. The van der Waals surface area contributed by atoms with E-state index in [0.29, 0.717) is 4.75 Å². The molecule has 2 rings (SSSR count). The second kappa shape index (κ2) is 5.68. The third-order valence-electron chi connectivity index (χ3n) is 3.60. The number of nitrogens with zero attached hydrogens (tertiary/aromatic N) is 1. The number of rotatable bonds is 3. The van der Waals surface area contributed by atoms with Crippen LogP contribution in [0.25, 0.3) is 0 Å². The molecule has 2 unspecified atom stereocenters. The maximum absolute atomic E-state index is 6.17. The van der Waals surface area contributed by atoms with Crippen molar-refractivity contribution < 1.29 is 4.42 Å². The molecule has 0 amide bonds. The Kier molecular flexibility index (Phi) is 4.41. The highest BCUT2D eigenvalue weighted by Gasteiger charge is 2.31. The molecule has 0 saturated carbocycles. The number of hydrogen-bond acceptors (Lipinski definition) is 4. The molecule has 2 N–H and O–H groups in total. The van der Waals surface area contributed by atoms with Crippen LogP contribution in [0.4, 0.5) is 0 Å². The maximum Gasteiger partial charge on any atom is 0.122 e. The highest BCUT2D eigenvalue weighted by molar-refractivity contribution is 8.00. The van der Waals surface area contributed by atoms with Gasteiger partial charge >= 0.3 is 0 Å². The van der Waals surface area contributed by atoms with Gasteiger partial charge in [-0.2, -0.15) is 11.8 Å². The molecule has 0 bridgehead atoms. The first-order valence-corrected chi connectivity index (χ1v) is 7.65. The Hall–Kier alpha value is -0.450. The van der Waals surface area contributed by atoms with Gasteiger partial charge in [0.2, 0.25) is 0 Å². The lowest BCUT2D eigenvalue weighted by atomic mass is 10.0. The molecule has 2 heterocycles. The summed E-state index contributed by atoms with van der Waals surface area (Å²) in [6.45, 7) is 8.90. The molecule has 2 atom stereocenters. The third kappa shape index (κ3) is 3.31. The minimum absolute atomic E-state index is 0.0855. The van der Waals surface area contributed by atoms with E-state index < -0.39 is 0 Å². The van der Waals surface area contributed by atoms with Crippen LogP contribution in [0.5, 0.6) is 0 Å². The highest BCUT2D eigenvalue weighted by Crippen LogP contribution is 2.34. The molecule has 1 aromatic rings. The average Bonchev–Trinajstić information content (AvgIpc) is 2.72. The Morgan fingerprint density at radius 3 is 2.83 bits per heavy atom. The first kappa shape index (κ1) is 14.0. The zero-order valence-corrected chi connectivity index (χ0v) is 12.4. The Morgan fingerprint density at radius 2 is 2.22 bits per heavy atom. The smallest absolute Gasteiger partial charge is 0.122 e. The van der Waals surface area contributed by atoms with E-state index >= 15 is 0 Å². The fourth-order valence-electron chi connectivity index (χ4n) is 2.55. The summed E-state index contributed by atoms with van der Waals surface area (Å²) in [5.41, 5.74) is 6.17. The topological polar surface area (TPSA) is 42.4 Å². The molecule has 1 fully saturated rings. The Balaban J connectivity index is 2.12. The molecule has 0 spiro atoms. The lowest BCUT2D eigenvalue weighted by Crippen LogP contribution is -2.40. The van der Waals surface area contributed by atoms with Gasteiger partial charge in [0.25, 0.3) is 0 Å². The first-order valence-electron chi connectivity index (χ1n) is 6.66. The van der Waals surface area contributed by atoms with E-state index in [4.69, 9.17) is 10.2 Å². The van der Waals surface area contributed by atoms with Crippen molar-refractivity contribution in [2.45, 2.75) is 44.0 Å². The summed E-state index contributed by atoms with van der Waals surface area (Å²) in [7, 11) is 0. The third-order valence-corrected chi connectivity index (χ3v) is 4.97. The minimum atomic E-state index is 0.0855. The van der Waals surface area contributed by atoms with E-state index in [2.05, 4.69) is 37.4 Å². The predicted molar refractivity (Wildman–Crippen MR) is 77.8 cm³/mol. The molecule has 0 aromatic carbocycles. The van der Waals surface area contributed by atoms with E-state index in [1.165, 1.54) is 6.42 Å². The Labute approximate surface area is 114 Å². The summed E-state index contributed by atoms with van der Waals surface area (Å²) < 4.78 is 5.95. The van der Waals surface area contributed by atoms with Crippen molar-refractivity contribution in [1.29, 1.82) is 0 Å². The van der Waals surface area contributed by atoms with E-state index in [1.54, 1.807) is 6.26 Å². The van der Waals surface area contributed by atoms with Crippen molar-refractivity contribution in [1.82, 2.24) is 4.90 Å². The predicted octanol–water partition coefficient (Wildman–Crippen LogP) is 2.89. The van der Waals surface area contributed by atoms with Crippen molar-refractivity contribution in [3.8, 4) is 0 Å². The molecule has 1 aliphatic heterocycles. The highest BCUT2D eigenvalue weighted by atomic mass is 32.2. The van der Waals surface area contributed by atoms with Crippen molar-refractivity contribution in [3.05, 3.63) is 24.2 Å². The van der Waals surface area contributed by atoms with Crippen LogP contribution in [0, 0.1) is 0 Å². The van der Waals surface area contributed by atoms with Gasteiger partial charge in [-0.15, -0.1) is 0 Å². The van der Waals surface area contributed by atoms with Gasteiger partial charge in [-0.3, -0.25) is 4.90 Å². The molecule has 102 valence electrons. The lowest BCUT2D eigenvalue weighted by Gasteiger charge is -2.32. The van der Waals surface area contributed by atoms with Gasteiger partial charge in [-0.1, -0.05) is 13.8 Å². The normalized spacial score (nSPS) is 24.4. The molecule has 1 aliphatic rings. The van der Waals surface area contributed by atoms with Gasteiger partial charge in [0.15, 0.2) is 0 Å². The molecule has 1 aromatic heterocycles. The SMILES string of the molecule is CC(N)C(c1ccco1)N1CCSC(C)(C)CC1. The second-order valence-corrected chi connectivity index (χ2v) is 7.52. The Bertz CT molecular complexity index is 362. The van der Waals surface area contributed by atoms with Gasteiger partial charge in [-0.05, 0) is 25.5 Å². The molecule has 0 aliphatic carbocycles. The molecule has 0 radical (unpaired) electrons. The summed E-state index contributed by atoms with van der Waals surface area (Å²) in [5, 5.41) is 0. The Morgan fingerprint density at radius 1 is 1.44 bits per heavy atom. The van der Waals surface area contributed by atoms with Gasteiger partial charge in [0, 0.05) is 29.6 Å². The van der Waals surface area contributed by atoms with Crippen LogP contribution in [0.3, 0.4) is 0 Å². The van der Waals surface area contributed by atoms with Crippen LogP contribution in [-0.2, 0) is 0 Å². The van der Waals surface area contributed by atoms with Crippen LogP contribution in [0.15, 0.2) is 22.8 Å². The van der Waals surface area contributed by atoms with Gasteiger partial charge < -0.3 is 10.2 Å². The largest absolute Gasteiger partial charge is 0.468 e. The molecule has 1 saturated heterocycles. The summed E-state index contributed by atoms with van der Waals surface area (Å²) in [6.07, 6.45) is 2.93. The molecule has 4 heteroatoms. The van der Waals surface area contributed by atoms with E-state index in [0.717, 1.165) is 24.6 Å².